The van der Waals surface area contributed by atoms with Crippen molar-refractivity contribution in [2.75, 3.05) is 0 Å². The molecule has 0 unspecified atom stereocenters. The number of ketones is 6. The Morgan fingerprint density at radius 2 is 0.537 bits per heavy atom. The third-order valence-electron chi connectivity index (χ3n) is 17.7. The average molecular weight is 1690 g/mol. The minimum Gasteiger partial charge on any atom is -0.508 e. The van der Waals surface area contributed by atoms with E-state index < -0.39 is 190 Å². The molecular weight excluding hydrogens is 1620 g/mol. The van der Waals surface area contributed by atoms with Gasteiger partial charge < -0.3 is 128 Å². The number of phenols is 25. The lowest BCUT2D eigenvalue weighted by molar-refractivity contribution is 0.102. The van der Waals surface area contributed by atoms with Gasteiger partial charge in [0.05, 0.1) is 27.8 Å². The zero-order chi connectivity index (χ0) is 91.0. The number of hydrogen-bond acceptors (Lipinski definition) is 31. The standard InChI is InChI=1S/3C14H11FO6.C14H11FO5.2C14H11FO4/c1-5-9(16)2-6(3-10(5)17)11(18)7-4-8(15)13(20)14(21)12(7)19;1-5-8(16)2-6(3-9(5)17)12(19)11-7(15)4-10(18)13(20)14(11)21;1-5-9(17)4-7(10(15)11(5)18)12(19)6-2-3-8(16)14(21)13(6)20;1-6-10(17)4-7(5-11(6)18)13(19)8-2-3-9(16)12(15)14(8)20;1-7-2-3-8(5-11(7)16)13(18)9-4-10(15)14(19)12(17)6-9;1-7-2-3-8(4-11(7)16)14(19)9-5-12(17)13(18)6-10(9)15/h2-4,16-17,19-21H,1H3;2*2-4,16-18,20-21H,1H3;2-5,16-18,20H,1H3;2-6,16-17,19H,1H3;2-6,16-18H,1H3. The summed E-state index contributed by atoms with van der Waals surface area (Å²) in [5, 5.41) is 235. The fourth-order valence-electron chi connectivity index (χ4n) is 10.3. The van der Waals surface area contributed by atoms with Crippen LogP contribution in [0.25, 0.3) is 0 Å². The van der Waals surface area contributed by atoms with E-state index in [0.717, 1.165) is 84.9 Å². The van der Waals surface area contributed by atoms with Crippen molar-refractivity contribution >= 4 is 34.7 Å². The van der Waals surface area contributed by atoms with Gasteiger partial charge in [-0.25, -0.2) is 22.0 Å². The Morgan fingerprint density at radius 3 is 1.01 bits per heavy atom. The molecule has 0 aliphatic heterocycles. The van der Waals surface area contributed by atoms with E-state index in [4.69, 9.17) is 25.5 Å². The maximum atomic E-state index is 13.9. The largest absolute Gasteiger partial charge is 0.508 e. The molecule has 31 nitrogen and oxygen atoms in total. The van der Waals surface area contributed by atoms with Crippen molar-refractivity contribution in [3.8, 4) is 144 Å². The van der Waals surface area contributed by atoms with Gasteiger partial charge in [0.15, 0.2) is 127 Å². The second-order valence-corrected chi connectivity index (χ2v) is 25.8. The third-order valence-corrected chi connectivity index (χ3v) is 17.7. The number of phenolic OH excluding ortho intramolecular Hbond substituents is 25. The first-order valence-corrected chi connectivity index (χ1v) is 33.8. The van der Waals surface area contributed by atoms with E-state index in [1.165, 1.54) is 58.0 Å². The van der Waals surface area contributed by atoms with E-state index in [9.17, 15) is 157 Å². The van der Waals surface area contributed by atoms with E-state index in [-0.39, 0.29) is 113 Å². The lowest BCUT2D eigenvalue weighted by Crippen LogP contribution is -2.05. The summed E-state index contributed by atoms with van der Waals surface area (Å²) in [6, 6.07) is 23.7. The number of aryl methyl sites for hydroxylation is 2. The highest BCUT2D eigenvalue weighted by Crippen LogP contribution is 2.45. The first kappa shape index (κ1) is 91.4. The van der Waals surface area contributed by atoms with Crippen LogP contribution in [0.2, 0.25) is 0 Å². The normalized spacial score (nSPS) is 10.5. The molecule has 0 aliphatic rings. The van der Waals surface area contributed by atoms with Crippen LogP contribution in [0.4, 0.5) is 26.3 Å². The van der Waals surface area contributed by atoms with Crippen LogP contribution < -0.4 is 0 Å². The summed E-state index contributed by atoms with van der Waals surface area (Å²) in [6.45, 7) is 8.88. The van der Waals surface area contributed by atoms with Crippen LogP contribution in [0.3, 0.4) is 0 Å². The van der Waals surface area contributed by atoms with Gasteiger partial charge in [0, 0.05) is 67.8 Å². The molecule has 12 rings (SSSR count). The fraction of sp³-hybridized carbons (Fsp3) is 0.0714. The van der Waals surface area contributed by atoms with Crippen LogP contribution >= 0.6 is 0 Å². The molecule has 12 aromatic carbocycles. The SMILES string of the molecule is Cc1c(O)cc(C(=O)c2c(F)cc(O)c(O)c2O)cc1O.Cc1c(O)cc(C(=O)c2cc(F)c(O)c(O)c2O)cc1O.Cc1c(O)cc(C(=O)c2ccc(O)c(F)c2O)cc1O.Cc1c(O)cc(C(=O)c2ccc(O)c(O)c2O)c(F)c1O.Cc1ccc(C(=O)c2cc(O)c(O)c(F)c2)cc1O.Cc1ccc(C(=O)c2cc(O)c(O)cc2F)cc1O. The van der Waals surface area contributed by atoms with E-state index >= 15 is 0 Å². The zero-order valence-electron chi connectivity index (χ0n) is 62.7. The first-order chi connectivity index (χ1) is 56.3. The monoisotopic (exact) mass is 1680 g/mol. The molecule has 0 radical (unpaired) electrons. The van der Waals surface area contributed by atoms with Gasteiger partial charge in [-0.15, -0.1) is 0 Å². The maximum absolute atomic E-state index is 13.9. The zero-order valence-corrected chi connectivity index (χ0v) is 62.7. The Balaban J connectivity index is 0.000000200. The number of hydrogen-bond donors (Lipinski definition) is 25. The number of rotatable bonds is 12. The quantitative estimate of drug-likeness (QED) is 0.0307. The Bertz CT molecular complexity index is 6130. The molecule has 0 fully saturated rings. The van der Waals surface area contributed by atoms with E-state index in [1.807, 2.05) is 0 Å². The highest BCUT2D eigenvalue weighted by atomic mass is 19.1. The fourth-order valence-corrected chi connectivity index (χ4v) is 10.3. The second-order valence-electron chi connectivity index (χ2n) is 25.8. The molecule has 25 N–H and O–H groups in total. The molecule has 0 aliphatic carbocycles. The minimum absolute atomic E-state index is 0.0469. The third kappa shape index (κ3) is 19.8. The van der Waals surface area contributed by atoms with Crippen LogP contribution in [-0.4, -0.2) is 162 Å². The van der Waals surface area contributed by atoms with Gasteiger partial charge >= 0.3 is 0 Å². The van der Waals surface area contributed by atoms with E-state index in [1.54, 1.807) is 19.9 Å². The molecule has 121 heavy (non-hydrogen) atoms. The van der Waals surface area contributed by atoms with Gasteiger partial charge in [-0.1, -0.05) is 24.3 Å². The Labute approximate surface area is 674 Å². The van der Waals surface area contributed by atoms with Crippen molar-refractivity contribution < 1.29 is 183 Å². The molecule has 12 aromatic rings. The smallest absolute Gasteiger partial charge is 0.207 e. The highest BCUT2D eigenvalue weighted by Gasteiger charge is 2.30. The van der Waals surface area contributed by atoms with Gasteiger partial charge in [0.2, 0.25) is 23.1 Å². The maximum Gasteiger partial charge on any atom is 0.207 e. The van der Waals surface area contributed by atoms with Gasteiger partial charge in [0.1, 0.15) is 68.9 Å². The summed E-state index contributed by atoms with van der Waals surface area (Å²) in [5.74, 6) is -29.5. The van der Waals surface area contributed by atoms with Crippen LogP contribution in [0.15, 0.2) is 140 Å². The first-order valence-electron chi connectivity index (χ1n) is 33.8. The molecule has 0 aromatic heterocycles. The lowest BCUT2D eigenvalue weighted by atomic mass is 9.99. The summed E-state index contributed by atoms with van der Waals surface area (Å²) >= 11 is 0. The van der Waals surface area contributed by atoms with Crippen LogP contribution in [0.5, 0.6) is 144 Å². The van der Waals surface area contributed by atoms with E-state index in [2.05, 4.69) is 0 Å². The van der Waals surface area contributed by atoms with Crippen molar-refractivity contribution in [2.24, 2.45) is 0 Å². The topological polar surface area (TPSA) is 608 Å². The van der Waals surface area contributed by atoms with Gasteiger partial charge in [0.25, 0.3) is 0 Å². The summed E-state index contributed by atoms with van der Waals surface area (Å²) in [7, 11) is 0. The molecule has 630 valence electrons. The van der Waals surface area contributed by atoms with Crippen molar-refractivity contribution in [1.29, 1.82) is 0 Å². The summed E-state index contributed by atoms with van der Waals surface area (Å²) in [6.07, 6.45) is 0. The molecule has 0 saturated carbocycles. The predicted molar refractivity (Wildman–Crippen MR) is 408 cm³/mol. The summed E-state index contributed by atoms with van der Waals surface area (Å²) < 4.78 is 81.2. The molecule has 0 bridgehead atoms. The number of carbonyl (C=O) groups is 6. The van der Waals surface area contributed by atoms with Crippen molar-refractivity contribution in [3.63, 3.8) is 0 Å². The minimum atomic E-state index is -1.31. The van der Waals surface area contributed by atoms with Crippen LogP contribution in [0.1, 0.15) is 129 Å². The number of benzene rings is 12. The Kier molecular flexibility index (Phi) is 27.8. The van der Waals surface area contributed by atoms with Gasteiger partial charge in [-0.2, -0.15) is 4.39 Å². The van der Waals surface area contributed by atoms with Gasteiger partial charge in [-0.3, -0.25) is 28.8 Å². The van der Waals surface area contributed by atoms with Crippen LogP contribution in [0, 0.1) is 76.4 Å². The van der Waals surface area contributed by atoms with Crippen LogP contribution in [-0.2, 0) is 0 Å². The van der Waals surface area contributed by atoms with Crippen molar-refractivity contribution in [2.45, 2.75) is 41.5 Å². The molecule has 0 spiro atoms. The number of halogens is 6. The molecular formula is C84H66F6O31. The van der Waals surface area contributed by atoms with Crippen molar-refractivity contribution in [1.82, 2.24) is 0 Å². The Morgan fingerprint density at radius 1 is 0.190 bits per heavy atom. The Hall–Kier alpha value is -16.8. The molecule has 0 atom stereocenters. The average Bonchev–Trinajstić information content (AvgIpc) is 0.784. The van der Waals surface area contributed by atoms with E-state index in [0.29, 0.717) is 29.3 Å². The molecule has 0 heterocycles. The summed E-state index contributed by atoms with van der Waals surface area (Å²) in [5.41, 5.74) is -2.42. The molecule has 0 saturated heterocycles. The van der Waals surface area contributed by atoms with Crippen molar-refractivity contribution in [3.05, 3.63) is 275 Å². The number of carbonyl (C=O) groups excluding carboxylic acids is 6. The lowest BCUT2D eigenvalue weighted by Gasteiger charge is -2.10. The predicted octanol–water partition coefficient (Wildman–Crippen LogP) is 12.8. The number of aromatic hydroxyl groups is 25. The highest BCUT2D eigenvalue weighted by molar-refractivity contribution is 6.15. The summed E-state index contributed by atoms with van der Waals surface area (Å²) in [4.78, 5) is 72.7. The second kappa shape index (κ2) is 36.8. The molecule has 0 amide bonds. The molecule has 37 heteroatoms. The van der Waals surface area contributed by atoms with Gasteiger partial charge in [-0.05, 0) is 156 Å².